The number of carbonyl (C=O) groups is 2. The predicted molar refractivity (Wildman–Crippen MR) is 91.0 cm³/mol. The third-order valence-electron chi connectivity index (χ3n) is 4.11. The largest absolute Gasteiger partial charge is 0.457 e. The van der Waals surface area contributed by atoms with Crippen molar-refractivity contribution in [3.8, 4) is 11.5 Å². The van der Waals surface area contributed by atoms with Crippen molar-refractivity contribution in [1.82, 2.24) is 0 Å². The molecule has 0 unspecified atom stereocenters. The van der Waals surface area contributed by atoms with Crippen LogP contribution in [0, 0.1) is 6.92 Å². The third-order valence-corrected chi connectivity index (χ3v) is 4.11. The maximum Gasteiger partial charge on any atom is 0.198 e. The van der Waals surface area contributed by atoms with Crippen LogP contribution in [0.25, 0.3) is 0 Å². The highest BCUT2D eigenvalue weighted by Gasteiger charge is 2.32. The summed E-state index contributed by atoms with van der Waals surface area (Å²) in [5.74, 6) is 0.737. The van der Waals surface area contributed by atoms with Crippen LogP contribution >= 0.6 is 0 Å². The minimum atomic E-state index is -0.175. The zero-order valence-corrected chi connectivity index (χ0v) is 13.1. The zero-order valence-electron chi connectivity index (χ0n) is 13.1. The SMILES string of the molecule is Cc1cc(Oc2ccccc2)c2c(c1)C(=O)c1ccccc1C2=O. The van der Waals surface area contributed by atoms with Crippen molar-refractivity contribution >= 4 is 11.6 Å². The molecule has 1 aliphatic rings. The smallest absolute Gasteiger partial charge is 0.198 e. The maximum atomic E-state index is 12.9. The lowest BCUT2D eigenvalue weighted by molar-refractivity contribution is 0.0977. The van der Waals surface area contributed by atoms with Crippen LogP contribution in [-0.2, 0) is 0 Å². The molecule has 1 aliphatic carbocycles. The van der Waals surface area contributed by atoms with E-state index in [1.54, 1.807) is 36.4 Å². The van der Waals surface area contributed by atoms with Gasteiger partial charge in [-0.2, -0.15) is 0 Å². The van der Waals surface area contributed by atoms with E-state index in [0.29, 0.717) is 33.8 Å². The summed E-state index contributed by atoms with van der Waals surface area (Å²) in [6.07, 6.45) is 0. The molecule has 116 valence electrons. The average Bonchev–Trinajstić information content (AvgIpc) is 2.60. The summed E-state index contributed by atoms with van der Waals surface area (Å²) in [6.45, 7) is 1.89. The van der Waals surface area contributed by atoms with E-state index in [1.165, 1.54) is 0 Å². The van der Waals surface area contributed by atoms with Crippen LogP contribution in [0.3, 0.4) is 0 Å². The van der Waals surface area contributed by atoms with Gasteiger partial charge in [-0.05, 0) is 36.8 Å². The molecule has 0 bridgehead atoms. The van der Waals surface area contributed by atoms with Gasteiger partial charge in [0, 0.05) is 16.7 Å². The van der Waals surface area contributed by atoms with Crippen molar-refractivity contribution in [1.29, 1.82) is 0 Å². The fourth-order valence-electron chi connectivity index (χ4n) is 3.02. The van der Waals surface area contributed by atoms with Crippen LogP contribution in [0.15, 0.2) is 66.7 Å². The molecular weight excluding hydrogens is 300 g/mol. The lowest BCUT2D eigenvalue weighted by Crippen LogP contribution is -2.21. The topological polar surface area (TPSA) is 43.4 Å². The molecule has 0 saturated carbocycles. The van der Waals surface area contributed by atoms with Crippen LogP contribution < -0.4 is 4.74 Å². The van der Waals surface area contributed by atoms with Crippen molar-refractivity contribution in [2.24, 2.45) is 0 Å². The monoisotopic (exact) mass is 314 g/mol. The van der Waals surface area contributed by atoms with Gasteiger partial charge in [-0.3, -0.25) is 9.59 Å². The predicted octanol–water partition coefficient (Wildman–Crippen LogP) is 4.56. The van der Waals surface area contributed by atoms with Crippen molar-refractivity contribution in [2.75, 3.05) is 0 Å². The third kappa shape index (κ3) is 2.22. The summed E-state index contributed by atoms with van der Waals surface area (Å²) < 4.78 is 5.92. The molecule has 0 amide bonds. The highest BCUT2D eigenvalue weighted by Crippen LogP contribution is 2.36. The first-order valence-electron chi connectivity index (χ1n) is 7.71. The Balaban J connectivity index is 1.91. The van der Waals surface area contributed by atoms with Crippen LogP contribution in [0.2, 0.25) is 0 Å². The average molecular weight is 314 g/mol. The Morgan fingerprint density at radius 2 is 1.33 bits per heavy atom. The number of benzene rings is 3. The number of rotatable bonds is 2. The standard InChI is InChI=1S/C21H14O3/c1-13-11-17-19(18(12-13)24-14-7-3-2-4-8-14)21(23)16-10-6-5-9-15(16)20(17)22/h2-12H,1H3. The number of hydrogen-bond acceptors (Lipinski definition) is 3. The molecule has 0 aromatic heterocycles. The lowest BCUT2D eigenvalue weighted by atomic mass is 9.83. The van der Waals surface area contributed by atoms with Crippen molar-refractivity contribution in [2.45, 2.75) is 6.92 Å². The summed E-state index contributed by atoms with van der Waals surface area (Å²) >= 11 is 0. The Morgan fingerprint density at radius 3 is 2.04 bits per heavy atom. The van der Waals surface area contributed by atoms with E-state index in [4.69, 9.17) is 4.74 Å². The molecule has 3 nitrogen and oxygen atoms in total. The molecule has 0 fully saturated rings. The molecule has 4 rings (SSSR count). The Bertz CT molecular complexity index is 972. The highest BCUT2D eigenvalue weighted by molar-refractivity contribution is 6.29. The molecule has 0 aliphatic heterocycles. The number of fused-ring (bicyclic) bond motifs is 2. The Labute approximate surface area is 139 Å². The summed E-state index contributed by atoms with van der Waals surface area (Å²) in [7, 11) is 0. The van der Waals surface area contributed by atoms with Gasteiger partial charge in [0.25, 0.3) is 0 Å². The summed E-state index contributed by atoms with van der Waals surface area (Å²) in [4.78, 5) is 25.7. The zero-order chi connectivity index (χ0) is 16.7. The fraction of sp³-hybridized carbons (Fsp3) is 0.0476. The number of aryl methyl sites for hydroxylation is 1. The molecule has 0 spiro atoms. The molecule has 0 saturated heterocycles. The normalized spacial score (nSPS) is 12.5. The molecule has 0 N–H and O–H groups in total. The second kappa shape index (κ2) is 5.46. The molecule has 0 heterocycles. The van der Waals surface area contributed by atoms with Gasteiger partial charge in [0.15, 0.2) is 11.6 Å². The second-order valence-corrected chi connectivity index (χ2v) is 5.80. The lowest BCUT2D eigenvalue weighted by Gasteiger charge is -2.21. The maximum absolute atomic E-state index is 12.9. The Kier molecular flexibility index (Phi) is 3.28. The number of hydrogen-bond donors (Lipinski definition) is 0. The van der Waals surface area contributed by atoms with Gasteiger partial charge in [0.1, 0.15) is 11.5 Å². The first kappa shape index (κ1) is 14.4. The minimum absolute atomic E-state index is 0.137. The molecular formula is C21H14O3. The number of ether oxygens (including phenoxy) is 1. The summed E-state index contributed by atoms with van der Waals surface area (Å²) in [5.41, 5.74) is 2.50. The number of para-hydroxylation sites is 1. The molecule has 3 aromatic rings. The number of carbonyl (C=O) groups excluding carboxylic acids is 2. The van der Waals surface area contributed by atoms with Gasteiger partial charge in [0.2, 0.25) is 0 Å². The quantitative estimate of drug-likeness (QED) is 0.544. The minimum Gasteiger partial charge on any atom is -0.457 e. The summed E-state index contributed by atoms with van der Waals surface area (Å²) in [6, 6.07) is 19.7. The van der Waals surface area contributed by atoms with Gasteiger partial charge in [-0.25, -0.2) is 0 Å². The van der Waals surface area contributed by atoms with Crippen molar-refractivity contribution in [3.05, 3.63) is 94.5 Å². The van der Waals surface area contributed by atoms with E-state index in [9.17, 15) is 9.59 Å². The fourth-order valence-corrected chi connectivity index (χ4v) is 3.02. The molecule has 0 radical (unpaired) electrons. The Hall–Kier alpha value is -3.20. The first-order chi connectivity index (χ1) is 11.6. The first-order valence-corrected chi connectivity index (χ1v) is 7.71. The number of ketones is 2. The van der Waals surface area contributed by atoms with E-state index in [0.717, 1.165) is 5.56 Å². The van der Waals surface area contributed by atoms with Gasteiger partial charge < -0.3 is 4.74 Å². The van der Waals surface area contributed by atoms with E-state index in [2.05, 4.69) is 0 Å². The second-order valence-electron chi connectivity index (χ2n) is 5.80. The molecule has 24 heavy (non-hydrogen) atoms. The van der Waals surface area contributed by atoms with E-state index in [-0.39, 0.29) is 11.6 Å². The molecule has 0 atom stereocenters. The Morgan fingerprint density at radius 1 is 0.708 bits per heavy atom. The van der Waals surface area contributed by atoms with Crippen LogP contribution in [-0.4, -0.2) is 11.6 Å². The van der Waals surface area contributed by atoms with Crippen molar-refractivity contribution < 1.29 is 14.3 Å². The highest BCUT2D eigenvalue weighted by atomic mass is 16.5. The van der Waals surface area contributed by atoms with Gasteiger partial charge >= 0.3 is 0 Å². The van der Waals surface area contributed by atoms with E-state index >= 15 is 0 Å². The van der Waals surface area contributed by atoms with E-state index in [1.807, 2.05) is 37.3 Å². The van der Waals surface area contributed by atoms with Crippen LogP contribution in [0.4, 0.5) is 0 Å². The van der Waals surface area contributed by atoms with Gasteiger partial charge in [-0.1, -0.05) is 42.5 Å². The van der Waals surface area contributed by atoms with Crippen LogP contribution in [0.1, 0.15) is 37.4 Å². The van der Waals surface area contributed by atoms with Crippen molar-refractivity contribution in [3.63, 3.8) is 0 Å². The molecule has 3 aromatic carbocycles. The van der Waals surface area contributed by atoms with Gasteiger partial charge in [0.05, 0.1) is 5.56 Å². The summed E-state index contributed by atoms with van der Waals surface area (Å²) in [5, 5.41) is 0. The molecule has 3 heteroatoms. The van der Waals surface area contributed by atoms with Gasteiger partial charge in [-0.15, -0.1) is 0 Å². The van der Waals surface area contributed by atoms with E-state index < -0.39 is 0 Å². The van der Waals surface area contributed by atoms with Crippen LogP contribution in [0.5, 0.6) is 11.5 Å².